The Morgan fingerprint density at radius 3 is 3.00 bits per heavy atom. The molecule has 3 heteroatoms. The third-order valence-corrected chi connectivity index (χ3v) is 2.67. The summed E-state index contributed by atoms with van der Waals surface area (Å²) in [5.74, 6) is -0.569. The lowest BCUT2D eigenvalue weighted by molar-refractivity contribution is -0.124. The van der Waals surface area contributed by atoms with E-state index in [2.05, 4.69) is 23.5 Å². The monoisotopic (exact) mass is 206 g/mol. The highest BCUT2D eigenvalue weighted by Crippen LogP contribution is 2.12. The summed E-state index contributed by atoms with van der Waals surface area (Å²) in [6.07, 6.45) is 8.67. The summed E-state index contributed by atoms with van der Waals surface area (Å²) in [5.41, 5.74) is 0. The molecule has 2 unspecified atom stereocenters. The van der Waals surface area contributed by atoms with Gasteiger partial charge in [-0.25, -0.2) is 0 Å². The Morgan fingerprint density at radius 1 is 1.67 bits per heavy atom. The molecular formula is C12H18N2O. The zero-order valence-corrected chi connectivity index (χ0v) is 9.20. The molecule has 0 aromatic carbocycles. The van der Waals surface area contributed by atoms with Gasteiger partial charge in [-0.1, -0.05) is 25.5 Å². The molecule has 0 aliphatic heterocycles. The van der Waals surface area contributed by atoms with Gasteiger partial charge in [0.25, 0.3) is 0 Å². The van der Waals surface area contributed by atoms with Crippen molar-refractivity contribution in [1.82, 2.24) is 5.32 Å². The minimum absolute atomic E-state index is 0.0975. The quantitative estimate of drug-likeness (QED) is 0.716. The van der Waals surface area contributed by atoms with Crippen LogP contribution in [0.2, 0.25) is 0 Å². The third kappa shape index (κ3) is 3.75. The fourth-order valence-corrected chi connectivity index (χ4v) is 1.77. The summed E-state index contributed by atoms with van der Waals surface area (Å²) in [7, 11) is 0. The number of carbonyl (C=O) groups is 1. The maximum absolute atomic E-state index is 11.7. The first-order valence-corrected chi connectivity index (χ1v) is 5.63. The van der Waals surface area contributed by atoms with Crippen LogP contribution < -0.4 is 5.32 Å². The van der Waals surface area contributed by atoms with Crippen LogP contribution in [0.5, 0.6) is 0 Å². The first-order valence-electron chi connectivity index (χ1n) is 5.63. The number of amides is 1. The molecule has 1 aliphatic carbocycles. The molecule has 0 saturated carbocycles. The summed E-state index contributed by atoms with van der Waals surface area (Å²) in [5, 5.41) is 11.8. The number of nitrogens with one attached hydrogen (secondary N) is 1. The van der Waals surface area contributed by atoms with E-state index in [1.54, 1.807) is 0 Å². The molecule has 0 fully saturated rings. The number of allylic oxidation sites excluding steroid dienone is 1. The number of carbonyl (C=O) groups excluding carboxylic acids is 1. The van der Waals surface area contributed by atoms with Gasteiger partial charge < -0.3 is 5.32 Å². The van der Waals surface area contributed by atoms with E-state index in [1.807, 2.05) is 6.92 Å². The van der Waals surface area contributed by atoms with Crippen molar-refractivity contribution in [3.05, 3.63) is 12.2 Å². The lowest BCUT2D eigenvalue weighted by atomic mass is 9.99. The Morgan fingerprint density at radius 2 is 2.47 bits per heavy atom. The van der Waals surface area contributed by atoms with Gasteiger partial charge in [-0.05, 0) is 25.7 Å². The third-order valence-electron chi connectivity index (χ3n) is 2.67. The summed E-state index contributed by atoms with van der Waals surface area (Å²) in [6, 6.07) is 2.29. The Labute approximate surface area is 91.2 Å². The summed E-state index contributed by atoms with van der Waals surface area (Å²) in [6.45, 7) is 1.99. The lowest BCUT2D eigenvalue weighted by Gasteiger charge is -2.20. The molecule has 1 N–H and O–H groups in total. The Kier molecular flexibility index (Phi) is 4.89. The number of hydrogen-bond acceptors (Lipinski definition) is 2. The molecule has 82 valence electrons. The van der Waals surface area contributed by atoms with Crippen LogP contribution >= 0.6 is 0 Å². The molecular weight excluding hydrogens is 188 g/mol. The fraction of sp³-hybridized carbons (Fsp3) is 0.667. The molecule has 3 nitrogen and oxygen atoms in total. The van der Waals surface area contributed by atoms with Crippen LogP contribution in [0.25, 0.3) is 0 Å². The largest absolute Gasteiger partial charge is 0.352 e. The molecule has 0 radical (unpaired) electrons. The van der Waals surface area contributed by atoms with Crippen molar-refractivity contribution >= 4 is 5.91 Å². The van der Waals surface area contributed by atoms with Gasteiger partial charge in [0.05, 0.1) is 6.07 Å². The van der Waals surface area contributed by atoms with Gasteiger partial charge in [0, 0.05) is 6.04 Å². The molecule has 0 spiro atoms. The van der Waals surface area contributed by atoms with Gasteiger partial charge in [-0.15, -0.1) is 0 Å². The molecule has 1 aliphatic rings. The van der Waals surface area contributed by atoms with Crippen LogP contribution in [0.3, 0.4) is 0 Å². The topological polar surface area (TPSA) is 52.9 Å². The maximum Gasteiger partial charge on any atom is 0.237 e. The smallest absolute Gasteiger partial charge is 0.237 e. The van der Waals surface area contributed by atoms with Crippen molar-refractivity contribution < 1.29 is 4.79 Å². The average molecular weight is 206 g/mol. The number of nitrogens with zero attached hydrogens (tertiary/aromatic N) is 1. The van der Waals surface area contributed by atoms with E-state index in [1.165, 1.54) is 0 Å². The van der Waals surface area contributed by atoms with Gasteiger partial charge >= 0.3 is 0 Å². The molecule has 1 amide bonds. The molecule has 1 rings (SSSR count). The molecule has 2 atom stereocenters. The second kappa shape index (κ2) is 6.23. The summed E-state index contributed by atoms with van der Waals surface area (Å²) < 4.78 is 0. The second-order valence-corrected chi connectivity index (χ2v) is 3.96. The van der Waals surface area contributed by atoms with Crippen LogP contribution in [0.4, 0.5) is 0 Å². The van der Waals surface area contributed by atoms with Gasteiger partial charge in [0.1, 0.15) is 5.92 Å². The van der Waals surface area contributed by atoms with E-state index in [0.717, 1.165) is 25.7 Å². The van der Waals surface area contributed by atoms with Crippen molar-refractivity contribution in [2.75, 3.05) is 0 Å². The van der Waals surface area contributed by atoms with E-state index >= 15 is 0 Å². The Bertz CT molecular complexity index is 278. The molecule has 15 heavy (non-hydrogen) atoms. The molecule has 0 saturated heterocycles. The highest BCUT2D eigenvalue weighted by Gasteiger charge is 2.20. The molecule has 0 heterocycles. The van der Waals surface area contributed by atoms with E-state index in [9.17, 15) is 4.79 Å². The predicted octanol–water partition coefficient (Wildman–Crippen LogP) is 2.15. The van der Waals surface area contributed by atoms with Crippen LogP contribution in [0, 0.1) is 17.2 Å². The van der Waals surface area contributed by atoms with Crippen molar-refractivity contribution in [1.29, 1.82) is 5.26 Å². The van der Waals surface area contributed by atoms with E-state index in [-0.39, 0.29) is 11.9 Å². The molecule has 0 aromatic rings. The van der Waals surface area contributed by atoms with Gasteiger partial charge in [-0.3, -0.25) is 4.79 Å². The normalized spacial score (nSPS) is 21.7. The number of nitriles is 1. The number of hydrogen-bond donors (Lipinski definition) is 1. The predicted molar refractivity (Wildman–Crippen MR) is 58.9 cm³/mol. The van der Waals surface area contributed by atoms with Gasteiger partial charge in [-0.2, -0.15) is 5.26 Å². The highest BCUT2D eigenvalue weighted by molar-refractivity contribution is 5.81. The van der Waals surface area contributed by atoms with Crippen molar-refractivity contribution in [2.24, 2.45) is 5.92 Å². The minimum Gasteiger partial charge on any atom is -0.352 e. The van der Waals surface area contributed by atoms with Gasteiger partial charge in [0.2, 0.25) is 5.91 Å². The summed E-state index contributed by atoms with van der Waals surface area (Å²) >= 11 is 0. The fourth-order valence-electron chi connectivity index (χ4n) is 1.77. The zero-order chi connectivity index (χ0) is 11.1. The summed E-state index contributed by atoms with van der Waals surface area (Å²) in [4.78, 5) is 11.7. The van der Waals surface area contributed by atoms with Crippen molar-refractivity contribution in [3.63, 3.8) is 0 Å². The van der Waals surface area contributed by atoms with Crippen molar-refractivity contribution in [2.45, 2.75) is 45.1 Å². The SMILES string of the molecule is CCCC(C#N)C(=O)NC1CC=CCC1. The van der Waals surface area contributed by atoms with E-state index < -0.39 is 5.92 Å². The molecule has 0 bridgehead atoms. The van der Waals surface area contributed by atoms with Crippen LogP contribution in [0.15, 0.2) is 12.2 Å². The lowest BCUT2D eigenvalue weighted by Crippen LogP contribution is -2.38. The number of rotatable bonds is 4. The van der Waals surface area contributed by atoms with Crippen LogP contribution in [0.1, 0.15) is 39.0 Å². The minimum atomic E-state index is -0.471. The van der Waals surface area contributed by atoms with Crippen molar-refractivity contribution in [3.8, 4) is 6.07 Å². The van der Waals surface area contributed by atoms with E-state index in [0.29, 0.717) is 6.42 Å². The first-order chi connectivity index (χ1) is 7.27. The first kappa shape index (κ1) is 11.8. The van der Waals surface area contributed by atoms with Crippen LogP contribution in [-0.4, -0.2) is 11.9 Å². The second-order valence-electron chi connectivity index (χ2n) is 3.96. The van der Waals surface area contributed by atoms with E-state index in [4.69, 9.17) is 5.26 Å². The zero-order valence-electron chi connectivity index (χ0n) is 9.20. The van der Waals surface area contributed by atoms with Crippen LogP contribution in [-0.2, 0) is 4.79 Å². The Hall–Kier alpha value is -1.30. The average Bonchev–Trinajstić information content (AvgIpc) is 2.27. The maximum atomic E-state index is 11.7. The molecule has 0 aromatic heterocycles. The Balaban J connectivity index is 2.39. The standard InChI is InChI=1S/C12H18N2O/c1-2-6-10(9-13)12(15)14-11-7-4-3-5-8-11/h3-4,10-11H,2,5-8H2,1H3,(H,14,15). The van der Waals surface area contributed by atoms with Gasteiger partial charge in [0.15, 0.2) is 0 Å². The highest BCUT2D eigenvalue weighted by atomic mass is 16.1.